The average molecular weight is 360 g/mol. The summed E-state index contributed by atoms with van der Waals surface area (Å²) in [6.45, 7) is 7.31. The van der Waals surface area contributed by atoms with Gasteiger partial charge in [-0.05, 0) is 32.9 Å². The van der Waals surface area contributed by atoms with Crippen LogP contribution >= 0.6 is 0 Å². The van der Waals surface area contributed by atoms with Gasteiger partial charge in [-0.25, -0.2) is 4.98 Å². The zero-order chi connectivity index (χ0) is 19.0. The molecule has 4 rings (SSSR count). The maximum absolute atomic E-state index is 13.4. The molecule has 3 aromatic rings. The van der Waals surface area contributed by atoms with Gasteiger partial charge < -0.3 is 9.64 Å². The summed E-state index contributed by atoms with van der Waals surface area (Å²) in [5.41, 5.74) is 4.59. The molecule has 0 aliphatic carbocycles. The number of morpholine rings is 1. The van der Waals surface area contributed by atoms with Crippen molar-refractivity contribution in [3.63, 3.8) is 0 Å². The Hall–Kier alpha value is -2.72. The number of pyridine rings is 1. The van der Waals surface area contributed by atoms with Crippen LogP contribution in [0.2, 0.25) is 0 Å². The van der Waals surface area contributed by atoms with Crippen molar-refractivity contribution < 1.29 is 9.53 Å². The molecule has 27 heavy (non-hydrogen) atoms. The van der Waals surface area contributed by atoms with Gasteiger partial charge in [-0.3, -0.25) is 4.79 Å². The number of fused-ring (bicyclic) bond motifs is 1. The van der Waals surface area contributed by atoms with Crippen LogP contribution in [0.15, 0.2) is 54.6 Å². The van der Waals surface area contributed by atoms with E-state index >= 15 is 0 Å². The monoisotopic (exact) mass is 360 g/mol. The minimum absolute atomic E-state index is 0.0439. The SMILES string of the molecule is Cc1ccc(-c2cc(C(=O)N3C[C@@H](C)O[C@@H](C)C3)c3ccccc3n2)cc1. The van der Waals surface area contributed by atoms with Crippen LogP contribution in [-0.4, -0.2) is 41.1 Å². The minimum Gasteiger partial charge on any atom is -0.372 e. The molecule has 0 radical (unpaired) electrons. The molecule has 2 atom stereocenters. The first kappa shape index (κ1) is 17.7. The second-order valence-corrected chi connectivity index (χ2v) is 7.41. The largest absolute Gasteiger partial charge is 0.372 e. The lowest BCUT2D eigenvalue weighted by atomic mass is 10.0. The Bertz CT molecular complexity index is 971. The highest BCUT2D eigenvalue weighted by atomic mass is 16.5. The van der Waals surface area contributed by atoms with E-state index in [1.54, 1.807) is 0 Å². The van der Waals surface area contributed by atoms with Crippen molar-refractivity contribution in [3.8, 4) is 11.3 Å². The third-order valence-electron chi connectivity index (χ3n) is 5.00. The first-order valence-electron chi connectivity index (χ1n) is 9.43. The molecule has 1 saturated heterocycles. The number of carbonyl (C=O) groups is 1. The van der Waals surface area contributed by atoms with Crippen molar-refractivity contribution in [2.75, 3.05) is 13.1 Å². The zero-order valence-corrected chi connectivity index (χ0v) is 16.0. The van der Waals surface area contributed by atoms with E-state index in [0.717, 1.165) is 22.2 Å². The van der Waals surface area contributed by atoms with E-state index in [9.17, 15) is 4.79 Å². The third-order valence-corrected chi connectivity index (χ3v) is 5.00. The van der Waals surface area contributed by atoms with Crippen LogP contribution in [0.25, 0.3) is 22.2 Å². The number of aromatic nitrogens is 1. The van der Waals surface area contributed by atoms with Crippen molar-refractivity contribution in [2.45, 2.75) is 33.0 Å². The number of para-hydroxylation sites is 1. The highest BCUT2D eigenvalue weighted by Crippen LogP contribution is 2.27. The molecule has 2 aromatic carbocycles. The van der Waals surface area contributed by atoms with Crippen LogP contribution in [0.4, 0.5) is 0 Å². The molecule has 1 aliphatic heterocycles. The molecule has 1 aromatic heterocycles. The van der Waals surface area contributed by atoms with E-state index in [1.165, 1.54) is 5.56 Å². The number of hydrogen-bond acceptors (Lipinski definition) is 3. The fraction of sp³-hybridized carbons (Fsp3) is 0.304. The Morgan fingerprint density at radius 3 is 2.41 bits per heavy atom. The maximum Gasteiger partial charge on any atom is 0.254 e. The van der Waals surface area contributed by atoms with E-state index < -0.39 is 0 Å². The molecular formula is C23H24N2O2. The Labute approximate surface area is 159 Å². The number of ether oxygens (including phenoxy) is 1. The summed E-state index contributed by atoms with van der Waals surface area (Å²) in [6, 6.07) is 18.0. The first-order valence-corrected chi connectivity index (χ1v) is 9.43. The predicted molar refractivity (Wildman–Crippen MR) is 108 cm³/mol. The summed E-state index contributed by atoms with van der Waals surface area (Å²) in [4.78, 5) is 20.1. The topological polar surface area (TPSA) is 42.4 Å². The van der Waals surface area contributed by atoms with Crippen molar-refractivity contribution in [3.05, 3.63) is 65.7 Å². The minimum atomic E-state index is 0.0439. The van der Waals surface area contributed by atoms with Crippen molar-refractivity contribution in [1.82, 2.24) is 9.88 Å². The fourth-order valence-electron chi connectivity index (χ4n) is 3.74. The predicted octanol–water partition coefficient (Wildman–Crippen LogP) is 4.46. The van der Waals surface area contributed by atoms with Gasteiger partial charge in [-0.1, -0.05) is 48.0 Å². The van der Waals surface area contributed by atoms with Crippen molar-refractivity contribution in [1.29, 1.82) is 0 Å². The van der Waals surface area contributed by atoms with E-state index in [-0.39, 0.29) is 18.1 Å². The summed E-state index contributed by atoms with van der Waals surface area (Å²) < 4.78 is 5.79. The Kier molecular flexibility index (Phi) is 4.66. The lowest BCUT2D eigenvalue weighted by Gasteiger charge is -2.35. The Morgan fingerprint density at radius 1 is 1.04 bits per heavy atom. The number of carbonyl (C=O) groups excluding carboxylic acids is 1. The second kappa shape index (κ2) is 7.12. The van der Waals surface area contributed by atoms with Gasteiger partial charge in [0.2, 0.25) is 0 Å². The van der Waals surface area contributed by atoms with Crippen LogP contribution in [0, 0.1) is 6.92 Å². The van der Waals surface area contributed by atoms with Crippen LogP contribution < -0.4 is 0 Å². The van der Waals surface area contributed by atoms with Gasteiger partial charge in [0.05, 0.1) is 29.0 Å². The lowest BCUT2D eigenvalue weighted by Crippen LogP contribution is -2.48. The molecule has 0 bridgehead atoms. The van der Waals surface area contributed by atoms with Crippen molar-refractivity contribution >= 4 is 16.8 Å². The summed E-state index contributed by atoms with van der Waals surface area (Å²) in [7, 11) is 0. The quantitative estimate of drug-likeness (QED) is 0.678. The zero-order valence-electron chi connectivity index (χ0n) is 16.0. The molecule has 2 heterocycles. The smallest absolute Gasteiger partial charge is 0.254 e. The highest BCUT2D eigenvalue weighted by molar-refractivity contribution is 6.07. The molecule has 4 nitrogen and oxygen atoms in total. The van der Waals surface area contributed by atoms with Crippen LogP contribution in [0.1, 0.15) is 29.8 Å². The summed E-state index contributed by atoms with van der Waals surface area (Å²) in [6.07, 6.45) is 0.0877. The number of aryl methyl sites for hydroxylation is 1. The standard InChI is InChI=1S/C23H24N2O2/c1-15-8-10-18(11-9-15)22-12-20(19-6-4-5-7-21(19)24-22)23(26)25-13-16(2)27-17(3)14-25/h4-12,16-17H,13-14H2,1-3H3/t16-,17+. The molecule has 138 valence electrons. The van der Waals surface area contributed by atoms with Crippen LogP contribution in [0.5, 0.6) is 0 Å². The van der Waals surface area contributed by atoms with E-state index in [1.807, 2.05) is 49.1 Å². The molecule has 1 aliphatic rings. The molecular weight excluding hydrogens is 336 g/mol. The van der Waals surface area contributed by atoms with Crippen LogP contribution in [0.3, 0.4) is 0 Å². The second-order valence-electron chi connectivity index (χ2n) is 7.41. The van der Waals surface area contributed by atoms with Gasteiger partial charge in [0.1, 0.15) is 0 Å². The molecule has 0 spiro atoms. The molecule has 0 N–H and O–H groups in total. The fourth-order valence-corrected chi connectivity index (χ4v) is 3.74. The number of nitrogens with zero attached hydrogens (tertiary/aromatic N) is 2. The summed E-state index contributed by atoms with van der Waals surface area (Å²) >= 11 is 0. The number of hydrogen-bond donors (Lipinski definition) is 0. The van der Waals surface area contributed by atoms with Gasteiger partial charge in [0.15, 0.2) is 0 Å². The summed E-state index contributed by atoms with van der Waals surface area (Å²) in [5.74, 6) is 0.0453. The highest BCUT2D eigenvalue weighted by Gasteiger charge is 2.28. The number of rotatable bonds is 2. The molecule has 0 saturated carbocycles. The Balaban J connectivity index is 1.81. The van der Waals surface area contributed by atoms with Crippen molar-refractivity contribution in [2.24, 2.45) is 0 Å². The maximum atomic E-state index is 13.4. The number of amides is 1. The van der Waals surface area contributed by atoms with Gasteiger partial charge in [-0.15, -0.1) is 0 Å². The average Bonchev–Trinajstić information content (AvgIpc) is 2.66. The van der Waals surface area contributed by atoms with Gasteiger partial charge in [0.25, 0.3) is 5.91 Å². The lowest BCUT2D eigenvalue weighted by molar-refractivity contribution is -0.0585. The van der Waals surface area contributed by atoms with Gasteiger partial charge in [-0.2, -0.15) is 0 Å². The van der Waals surface area contributed by atoms with E-state index in [4.69, 9.17) is 9.72 Å². The van der Waals surface area contributed by atoms with Gasteiger partial charge >= 0.3 is 0 Å². The normalized spacial score (nSPS) is 20.0. The van der Waals surface area contributed by atoms with Gasteiger partial charge in [0, 0.05) is 24.0 Å². The molecule has 1 amide bonds. The summed E-state index contributed by atoms with van der Waals surface area (Å²) in [5, 5.41) is 0.894. The molecule has 4 heteroatoms. The third kappa shape index (κ3) is 3.58. The molecule has 0 unspecified atom stereocenters. The van der Waals surface area contributed by atoms with Crippen LogP contribution in [-0.2, 0) is 4.74 Å². The molecule has 1 fully saturated rings. The van der Waals surface area contributed by atoms with E-state index in [0.29, 0.717) is 18.7 Å². The van der Waals surface area contributed by atoms with E-state index in [2.05, 4.69) is 31.2 Å². The first-order chi connectivity index (χ1) is 13.0. The Morgan fingerprint density at radius 2 is 1.70 bits per heavy atom. The number of benzene rings is 2.